The molecule has 0 radical (unpaired) electrons. The average molecular weight is 230 g/mol. The highest BCUT2D eigenvalue weighted by molar-refractivity contribution is 5.67. The topological polar surface area (TPSA) is 61.8 Å². The molecule has 92 valence electrons. The molecule has 1 rings (SSSR count). The van der Waals surface area contributed by atoms with Crippen LogP contribution in [0.25, 0.3) is 0 Å². The molecule has 1 fully saturated rings. The highest BCUT2D eigenvalue weighted by Crippen LogP contribution is 2.31. The van der Waals surface area contributed by atoms with Crippen molar-refractivity contribution in [3.63, 3.8) is 0 Å². The summed E-state index contributed by atoms with van der Waals surface area (Å²) in [6.45, 7) is 6.53. The van der Waals surface area contributed by atoms with Gasteiger partial charge in [-0.15, -0.1) is 0 Å². The minimum atomic E-state index is -0.777. The second kappa shape index (κ2) is 5.30. The van der Waals surface area contributed by atoms with Crippen molar-refractivity contribution in [2.24, 2.45) is 5.92 Å². The lowest BCUT2D eigenvalue weighted by molar-refractivity contribution is -0.194. The maximum absolute atomic E-state index is 11.0. The molecule has 0 amide bonds. The van der Waals surface area contributed by atoms with Crippen molar-refractivity contribution in [1.82, 2.24) is 0 Å². The highest BCUT2D eigenvalue weighted by atomic mass is 16.7. The zero-order chi connectivity index (χ0) is 12.3. The van der Waals surface area contributed by atoms with E-state index in [-0.39, 0.29) is 12.0 Å². The van der Waals surface area contributed by atoms with Crippen LogP contribution >= 0.6 is 0 Å². The van der Waals surface area contributed by atoms with Gasteiger partial charge in [0.05, 0.1) is 6.10 Å². The van der Waals surface area contributed by atoms with Crippen LogP contribution in [-0.4, -0.2) is 30.4 Å². The molecular weight excluding hydrogens is 212 g/mol. The summed E-state index contributed by atoms with van der Waals surface area (Å²) in [5.41, 5.74) is 0. The molecule has 5 nitrogen and oxygen atoms in total. The Hall–Kier alpha value is -1.10. The molecule has 1 saturated heterocycles. The van der Waals surface area contributed by atoms with Gasteiger partial charge in [-0.2, -0.15) is 0 Å². The zero-order valence-electron chi connectivity index (χ0n) is 10.1. The van der Waals surface area contributed by atoms with Crippen LogP contribution in [0, 0.1) is 5.92 Å². The van der Waals surface area contributed by atoms with Gasteiger partial charge in [-0.1, -0.05) is 13.8 Å². The van der Waals surface area contributed by atoms with E-state index < -0.39 is 24.3 Å². The summed E-state index contributed by atoms with van der Waals surface area (Å²) in [4.78, 5) is 21.8. The Morgan fingerprint density at radius 3 is 2.19 bits per heavy atom. The van der Waals surface area contributed by atoms with E-state index in [0.717, 1.165) is 6.42 Å². The molecule has 0 bridgehead atoms. The van der Waals surface area contributed by atoms with Gasteiger partial charge in [0.1, 0.15) is 0 Å². The fraction of sp³-hybridized carbons (Fsp3) is 0.818. The van der Waals surface area contributed by atoms with E-state index in [4.69, 9.17) is 14.2 Å². The smallest absolute Gasteiger partial charge is 0.305 e. The van der Waals surface area contributed by atoms with Gasteiger partial charge in [-0.3, -0.25) is 9.59 Å². The summed E-state index contributed by atoms with van der Waals surface area (Å²) in [5, 5.41) is 0. The number of carbonyl (C=O) groups is 2. The Balaban J connectivity index is 2.72. The highest BCUT2D eigenvalue weighted by Gasteiger charge is 2.45. The average Bonchev–Trinajstić information content (AvgIpc) is 2.44. The Morgan fingerprint density at radius 1 is 1.19 bits per heavy atom. The predicted molar refractivity (Wildman–Crippen MR) is 55.4 cm³/mol. The Bertz CT molecular complexity index is 276. The SMILES string of the molecule is CC[C@H]1O[C@@H](OC(C)=O)[C@@H](OC(C)=O)C1C. The number of esters is 2. The van der Waals surface area contributed by atoms with Gasteiger partial charge >= 0.3 is 11.9 Å². The minimum Gasteiger partial charge on any atom is -0.455 e. The molecule has 0 saturated carbocycles. The molecular formula is C11H18O5. The van der Waals surface area contributed by atoms with Crippen LogP contribution in [0.5, 0.6) is 0 Å². The van der Waals surface area contributed by atoms with Crippen LogP contribution in [0.15, 0.2) is 0 Å². The van der Waals surface area contributed by atoms with Crippen LogP contribution in [0.1, 0.15) is 34.1 Å². The predicted octanol–water partition coefficient (Wildman–Crippen LogP) is 1.25. The molecule has 0 aromatic carbocycles. The summed E-state index contributed by atoms with van der Waals surface area (Å²) in [5.74, 6) is -0.807. The maximum Gasteiger partial charge on any atom is 0.305 e. The van der Waals surface area contributed by atoms with Gasteiger partial charge in [0, 0.05) is 19.8 Å². The summed E-state index contributed by atoms with van der Waals surface area (Å²) < 4.78 is 15.6. The third kappa shape index (κ3) is 2.95. The molecule has 0 spiro atoms. The molecule has 0 aromatic rings. The summed E-state index contributed by atoms with van der Waals surface area (Å²) in [6, 6.07) is 0. The first kappa shape index (κ1) is 13.0. The van der Waals surface area contributed by atoms with E-state index in [1.165, 1.54) is 13.8 Å². The fourth-order valence-corrected chi connectivity index (χ4v) is 1.91. The molecule has 1 aliphatic rings. The van der Waals surface area contributed by atoms with Crippen molar-refractivity contribution in [3.05, 3.63) is 0 Å². The molecule has 1 heterocycles. The number of carbonyl (C=O) groups excluding carboxylic acids is 2. The van der Waals surface area contributed by atoms with E-state index in [0.29, 0.717) is 0 Å². The molecule has 0 aromatic heterocycles. The first-order chi connectivity index (χ1) is 7.45. The van der Waals surface area contributed by atoms with Crippen LogP contribution < -0.4 is 0 Å². The second-order valence-electron chi connectivity index (χ2n) is 3.99. The minimum absolute atomic E-state index is 0.0262. The lowest BCUT2D eigenvalue weighted by Gasteiger charge is -2.19. The van der Waals surface area contributed by atoms with Crippen molar-refractivity contribution in [2.75, 3.05) is 0 Å². The lowest BCUT2D eigenvalue weighted by atomic mass is 9.99. The van der Waals surface area contributed by atoms with Crippen LogP contribution in [-0.2, 0) is 23.8 Å². The second-order valence-corrected chi connectivity index (χ2v) is 3.99. The molecule has 16 heavy (non-hydrogen) atoms. The van der Waals surface area contributed by atoms with Crippen molar-refractivity contribution in [2.45, 2.75) is 52.6 Å². The summed E-state index contributed by atoms with van der Waals surface area (Å²) in [6.07, 6.45) is -0.544. The Labute approximate surface area is 95.0 Å². The van der Waals surface area contributed by atoms with Crippen molar-refractivity contribution in [3.8, 4) is 0 Å². The number of hydrogen-bond donors (Lipinski definition) is 0. The van der Waals surface area contributed by atoms with Crippen molar-refractivity contribution < 1.29 is 23.8 Å². The van der Waals surface area contributed by atoms with Crippen LogP contribution in [0.4, 0.5) is 0 Å². The standard InChI is InChI=1S/C11H18O5/c1-5-9-6(2)10(14-7(3)12)11(16-9)15-8(4)13/h6,9-11H,5H2,1-4H3/t6?,9-,10+,11-/m1/s1. The molecule has 4 atom stereocenters. The number of hydrogen-bond acceptors (Lipinski definition) is 5. The van der Waals surface area contributed by atoms with E-state index >= 15 is 0 Å². The third-order valence-electron chi connectivity index (χ3n) is 2.67. The van der Waals surface area contributed by atoms with Gasteiger partial charge in [0.25, 0.3) is 0 Å². The molecule has 0 N–H and O–H groups in total. The van der Waals surface area contributed by atoms with E-state index in [1.807, 2.05) is 13.8 Å². The summed E-state index contributed by atoms with van der Waals surface area (Å²) in [7, 11) is 0. The van der Waals surface area contributed by atoms with E-state index in [9.17, 15) is 9.59 Å². The third-order valence-corrected chi connectivity index (χ3v) is 2.67. The largest absolute Gasteiger partial charge is 0.455 e. The number of rotatable bonds is 3. The van der Waals surface area contributed by atoms with Gasteiger partial charge in [-0.05, 0) is 6.42 Å². The quantitative estimate of drug-likeness (QED) is 0.683. The van der Waals surface area contributed by atoms with Gasteiger partial charge in [-0.25, -0.2) is 0 Å². The van der Waals surface area contributed by atoms with Gasteiger partial charge in [0.15, 0.2) is 6.10 Å². The zero-order valence-corrected chi connectivity index (χ0v) is 10.1. The van der Waals surface area contributed by atoms with Crippen molar-refractivity contribution in [1.29, 1.82) is 0 Å². The van der Waals surface area contributed by atoms with Gasteiger partial charge in [0.2, 0.25) is 6.29 Å². The lowest BCUT2D eigenvalue weighted by Crippen LogP contribution is -2.33. The first-order valence-corrected chi connectivity index (χ1v) is 5.45. The fourth-order valence-electron chi connectivity index (χ4n) is 1.91. The molecule has 1 unspecified atom stereocenters. The first-order valence-electron chi connectivity index (χ1n) is 5.45. The van der Waals surface area contributed by atoms with E-state index in [1.54, 1.807) is 0 Å². The van der Waals surface area contributed by atoms with Crippen LogP contribution in [0.2, 0.25) is 0 Å². The van der Waals surface area contributed by atoms with Gasteiger partial charge < -0.3 is 14.2 Å². The van der Waals surface area contributed by atoms with Crippen LogP contribution in [0.3, 0.4) is 0 Å². The maximum atomic E-state index is 11.0. The number of ether oxygens (including phenoxy) is 3. The summed E-state index contributed by atoms with van der Waals surface area (Å²) >= 11 is 0. The normalized spacial score (nSPS) is 33.5. The van der Waals surface area contributed by atoms with Crippen molar-refractivity contribution >= 4 is 11.9 Å². The molecule has 5 heteroatoms. The monoisotopic (exact) mass is 230 g/mol. The Morgan fingerprint density at radius 2 is 1.75 bits per heavy atom. The Kier molecular flexibility index (Phi) is 4.29. The molecule has 0 aliphatic carbocycles. The molecule has 1 aliphatic heterocycles. The van der Waals surface area contributed by atoms with E-state index in [2.05, 4.69) is 0 Å².